The number of halogens is 1. The summed E-state index contributed by atoms with van der Waals surface area (Å²) in [7, 11) is 0. The molecular weight excluding hydrogens is 366 g/mol. The predicted molar refractivity (Wildman–Crippen MR) is 107 cm³/mol. The lowest BCUT2D eigenvalue weighted by atomic mass is 10.1. The molecule has 0 bridgehead atoms. The van der Waals surface area contributed by atoms with Gasteiger partial charge in [-0.05, 0) is 38.8 Å². The average molecular weight is 390 g/mol. The topological polar surface area (TPSA) is 79.4 Å². The molecule has 0 radical (unpaired) electrons. The van der Waals surface area contributed by atoms with Gasteiger partial charge in [-0.15, -0.1) is 0 Å². The second-order valence-corrected chi connectivity index (χ2v) is 6.83. The summed E-state index contributed by atoms with van der Waals surface area (Å²) in [6, 6.07) is 9.61. The maximum atomic E-state index is 11.8. The fourth-order valence-corrected chi connectivity index (χ4v) is 3.18. The molecule has 1 aliphatic heterocycles. The lowest BCUT2D eigenvalue weighted by Crippen LogP contribution is -2.42. The molecular formula is C19H24ClN5O2. The maximum Gasteiger partial charge on any atom is 0.409 e. The van der Waals surface area contributed by atoms with Gasteiger partial charge in [0.15, 0.2) is 0 Å². The molecule has 1 amide bonds. The SMILES string of the molecule is CCOC(=O)N1CCC(Nc2nc(C)cc(Nc3ccccc3Cl)n2)CC1. The van der Waals surface area contributed by atoms with Gasteiger partial charge in [-0.25, -0.2) is 9.78 Å². The summed E-state index contributed by atoms with van der Waals surface area (Å²) in [6.07, 6.45) is 1.40. The summed E-state index contributed by atoms with van der Waals surface area (Å²) in [5, 5.41) is 7.25. The van der Waals surface area contributed by atoms with E-state index in [0.717, 1.165) is 24.2 Å². The van der Waals surface area contributed by atoms with E-state index >= 15 is 0 Å². The van der Waals surface area contributed by atoms with Gasteiger partial charge < -0.3 is 20.3 Å². The van der Waals surface area contributed by atoms with Crippen molar-refractivity contribution < 1.29 is 9.53 Å². The Kier molecular flexibility index (Phi) is 6.34. The highest BCUT2D eigenvalue weighted by atomic mass is 35.5. The smallest absolute Gasteiger partial charge is 0.409 e. The Bertz CT molecular complexity index is 793. The normalized spacial score (nSPS) is 14.7. The third kappa shape index (κ3) is 5.23. The summed E-state index contributed by atoms with van der Waals surface area (Å²) in [5.74, 6) is 1.25. The first kappa shape index (κ1) is 19.2. The second kappa shape index (κ2) is 8.90. The van der Waals surface area contributed by atoms with E-state index in [1.165, 1.54) is 0 Å². The molecule has 1 fully saturated rings. The largest absolute Gasteiger partial charge is 0.450 e. The van der Waals surface area contributed by atoms with Crippen LogP contribution in [0.1, 0.15) is 25.5 Å². The number of rotatable bonds is 5. The lowest BCUT2D eigenvalue weighted by Gasteiger charge is -2.31. The molecule has 1 aromatic carbocycles. The first-order valence-corrected chi connectivity index (χ1v) is 9.48. The average Bonchev–Trinajstić information content (AvgIpc) is 2.64. The number of carbonyl (C=O) groups excluding carboxylic acids is 1. The standard InChI is InChI=1S/C19H24ClN5O2/c1-3-27-19(26)25-10-8-14(9-11-25)22-18-21-13(2)12-17(24-18)23-16-7-5-4-6-15(16)20/h4-7,12,14H,3,8-11H2,1-2H3,(H2,21,22,23,24). The Balaban J connectivity index is 1.62. The number of likely N-dealkylation sites (tertiary alicyclic amines) is 1. The number of nitrogens with zero attached hydrogens (tertiary/aromatic N) is 3. The monoisotopic (exact) mass is 389 g/mol. The molecule has 2 aromatic rings. The molecule has 7 nitrogen and oxygen atoms in total. The van der Waals surface area contributed by atoms with E-state index in [1.807, 2.05) is 44.2 Å². The summed E-state index contributed by atoms with van der Waals surface area (Å²) >= 11 is 6.21. The summed E-state index contributed by atoms with van der Waals surface area (Å²) in [6.45, 7) is 5.46. The van der Waals surface area contributed by atoms with Crippen molar-refractivity contribution in [2.75, 3.05) is 30.3 Å². The van der Waals surface area contributed by atoms with Gasteiger partial charge >= 0.3 is 6.09 Å². The van der Waals surface area contributed by atoms with Gasteiger partial charge in [0, 0.05) is 30.9 Å². The van der Waals surface area contributed by atoms with Gasteiger partial charge in [-0.3, -0.25) is 0 Å². The summed E-state index contributed by atoms with van der Waals surface area (Å²) in [4.78, 5) is 22.6. The van der Waals surface area contributed by atoms with Gasteiger partial charge in [0.2, 0.25) is 5.95 Å². The molecule has 1 saturated heterocycles. The number of hydrogen-bond donors (Lipinski definition) is 2. The molecule has 0 aliphatic carbocycles. The molecule has 1 aliphatic rings. The molecule has 3 rings (SSSR count). The van der Waals surface area contributed by atoms with Crippen molar-refractivity contribution >= 4 is 35.1 Å². The minimum absolute atomic E-state index is 0.214. The van der Waals surface area contributed by atoms with E-state index in [0.29, 0.717) is 36.5 Å². The number of para-hydroxylation sites is 1. The molecule has 0 unspecified atom stereocenters. The molecule has 1 aromatic heterocycles. The Labute approximate surface area is 164 Å². The van der Waals surface area contributed by atoms with Gasteiger partial charge in [-0.2, -0.15) is 4.98 Å². The predicted octanol–water partition coefficient (Wildman–Crippen LogP) is 4.21. The van der Waals surface area contributed by atoms with Crippen molar-refractivity contribution in [3.05, 3.63) is 41.0 Å². The molecule has 0 spiro atoms. The van der Waals surface area contributed by atoms with Crippen LogP contribution in [0, 0.1) is 6.92 Å². The van der Waals surface area contributed by atoms with E-state index < -0.39 is 0 Å². The molecule has 8 heteroatoms. The lowest BCUT2D eigenvalue weighted by molar-refractivity contribution is 0.0983. The van der Waals surface area contributed by atoms with Crippen molar-refractivity contribution in [3.63, 3.8) is 0 Å². The van der Waals surface area contributed by atoms with Crippen molar-refractivity contribution in [2.24, 2.45) is 0 Å². The number of nitrogens with one attached hydrogen (secondary N) is 2. The first-order valence-electron chi connectivity index (χ1n) is 9.10. The van der Waals surface area contributed by atoms with Crippen LogP contribution in [-0.2, 0) is 4.74 Å². The van der Waals surface area contributed by atoms with E-state index in [1.54, 1.807) is 4.90 Å². The number of amides is 1. The number of carbonyl (C=O) groups is 1. The van der Waals surface area contributed by atoms with Gasteiger partial charge in [0.25, 0.3) is 0 Å². The van der Waals surface area contributed by atoms with Crippen molar-refractivity contribution in [1.82, 2.24) is 14.9 Å². The number of aromatic nitrogens is 2. The van der Waals surface area contributed by atoms with Crippen LogP contribution in [0.4, 0.5) is 22.2 Å². The van der Waals surface area contributed by atoms with Crippen LogP contribution in [-0.4, -0.2) is 46.7 Å². The van der Waals surface area contributed by atoms with Crippen LogP contribution in [0.15, 0.2) is 30.3 Å². The summed E-state index contributed by atoms with van der Waals surface area (Å²) in [5.41, 5.74) is 1.65. The minimum Gasteiger partial charge on any atom is -0.450 e. The van der Waals surface area contributed by atoms with Crippen LogP contribution in [0.25, 0.3) is 0 Å². The van der Waals surface area contributed by atoms with E-state index in [9.17, 15) is 4.79 Å². The van der Waals surface area contributed by atoms with Gasteiger partial charge in [0.05, 0.1) is 17.3 Å². The Morgan fingerprint density at radius 3 is 2.74 bits per heavy atom. The van der Waals surface area contributed by atoms with E-state index in [2.05, 4.69) is 20.6 Å². The third-order valence-electron chi connectivity index (χ3n) is 4.35. The zero-order valence-corrected chi connectivity index (χ0v) is 16.3. The molecule has 144 valence electrons. The zero-order valence-electron chi connectivity index (χ0n) is 15.5. The second-order valence-electron chi connectivity index (χ2n) is 6.43. The van der Waals surface area contributed by atoms with Crippen molar-refractivity contribution in [3.8, 4) is 0 Å². The van der Waals surface area contributed by atoms with Crippen LogP contribution in [0.2, 0.25) is 5.02 Å². The Hall–Kier alpha value is -2.54. The number of anilines is 3. The van der Waals surface area contributed by atoms with Crippen LogP contribution >= 0.6 is 11.6 Å². The fraction of sp³-hybridized carbons (Fsp3) is 0.421. The van der Waals surface area contributed by atoms with Crippen molar-refractivity contribution in [2.45, 2.75) is 32.7 Å². The molecule has 0 saturated carbocycles. The number of piperidine rings is 1. The highest BCUT2D eigenvalue weighted by Crippen LogP contribution is 2.25. The molecule has 2 N–H and O–H groups in total. The zero-order chi connectivity index (χ0) is 19.2. The van der Waals surface area contributed by atoms with E-state index in [4.69, 9.17) is 16.3 Å². The Morgan fingerprint density at radius 2 is 2.04 bits per heavy atom. The highest BCUT2D eigenvalue weighted by Gasteiger charge is 2.24. The van der Waals surface area contributed by atoms with Crippen LogP contribution in [0.3, 0.4) is 0 Å². The molecule has 2 heterocycles. The first-order chi connectivity index (χ1) is 13.0. The highest BCUT2D eigenvalue weighted by molar-refractivity contribution is 6.33. The number of aryl methyl sites for hydroxylation is 1. The number of benzene rings is 1. The van der Waals surface area contributed by atoms with Gasteiger partial charge in [0.1, 0.15) is 5.82 Å². The quantitative estimate of drug-likeness (QED) is 0.797. The molecule has 27 heavy (non-hydrogen) atoms. The number of hydrogen-bond acceptors (Lipinski definition) is 6. The maximum absolute atomic E-state index is 11.8. The van der Waals surface area contributed by atoms with Crippen LogP contribution < -0.4 is 10.6 Å². The Morgan fingerprint density at radius 1 is 1.30 bits per heavy atom. The van der Waals surface area contributed by atoms with Crippen molar-refractivity contribution in [1.29, 1.82) is 0 Å². The number of ether oxygens (including phenoxy) is 1. The third-order valence-corrected chi connectivity index (χ3v) is 4.67. The minimum atomic E-state index is -0.242. The molecule has 0 atom stereocenters. The van der Waals surface area contributed by atoms with Crippen LogP contribution in [0.5, 0.6) is 0 Å². The fourth-order valence-electron chi connectivity index (χ4n) is 3.00. The van der Waals surface area contributed by atoms with Gasteiger partial charge in [-0.1, -0.05) is 23.7 Å². The van der Waals surface area contributed by atoms with E-state index in [-0.39, 0.29) is 12.1 Å². The summed E-state index contributed by atoms with van der Waals surface area (Å²) < 4.78 is 5.06.